The fraction of sp³-hybridized carbons (Fsp3) is 0.419. The molecule has 2 aromatic rings. The molecule has 0 heterocycles. The maximum Gasteiger partial charge on any atom is 1.00 e. The van der Waals surface area contributed by atoms with Gasteiger partial charge in [0.1, 0.15) is 4.90 Å². The molecule has 41 heavy (non-hydrogen) atoms. The smallest absolute Gasteiger partial charge is 0.796 e. The molecule has 208 valence electrons. The number of hydrogen-bond donors (Lipinski definition) is 0. The summed E-state index contributed by atoms with van der Waals surface area (Å²) < 4.78 is 13.8. The summed E-state index contributed by atoms with van der Waals surface area (Å²) >= 11 is 0. The van der Waals surface area contributed by atoms with Gasteiger partial charge in [-0.1, -0.05) is 95.6 Å². The molecule has 0 bridgehead atoms. The van der Waals surface area contributed by atoms with Crippen LogP contribution in [0.5, 0.6) is 0 Å². The van der Waals surface area contributed by atoms with Crippen LogP contribution in [0.4, 0.5) is 0 Å². The van der Waals surface area contributed by atoms with Gasteiger partial charge in [0.25, 0.3) is 0 Å². The van der Waals surface area contributed by atoms with E-state index in [-0.39, 0.29) is 180 Å². The summed E-state index contributed by atoms with van der Waals surface area (Å²) in [5.74, 6) is 0. The van der Waals surface area contributed by atoms with E-state index in [9.17, 15) is 24.1 Å². The van der Waals surface area contributed by atoms with Crippen molar-refractivity contribution in [3.63, 3.8) is 0 Å². The average molecular weight is 673 g/mol. The van der Waals surface area contributed by atoms with Gasteiger partial charge in [-0.05, 0) is 77.1 Å². The minimum Gasteiger partial charge on any atom is -0.796 e. The molecule has 0 N–H and O–H groups in total. The van der Waals surface area contributed by atoms with Crippen molar-refractivity contribution in [3.8, 4) is 0 Å². The quantitative estimate of drug-likeness (QED) is 0.111. The van der Waals surface area contributed by atoms with Crippen LogP contribution in [-0.4, -0.2) is 11.1 Å². The fourth-order valence-corrected chi connectivity index (χ4v) is 8.83. The van der Waals surface area contributed by atoms with Gasteiger partial charge in [-0.15, -0.1) is 7.94 Å². The molecule has 0 saturated heterocycles. The third kappa shape index (κ3) is 16.6. The van der Waals surface area contributed by atoms with Crippen LogP contribution in [-0.2, 0) is 17.4 Å². The van der Waals surface area contributed by atoms with Crippen LogP contribution < -0.4 is 174 Å². The van der Waals surface area contributed by atoms with Crippen molar-refractivity contribution < 1.29 is 178 Å². The molecule has 2 aromatic carbocycles. The molecule has 1 unspecified atom stereocenters. The van der Waals surface area contributed by atoms with Gasteiger partial charge >= 0.3 is 154 Å². The Hall–Kier alpha value is 3.07. The number of benzene rings is 2. The summed E-state index contributed by atoms with van der Waals surface area (Å²) in [6, 6.07) is 17.0. The van der Waals surface area contributed by atoms with Crippen molar-refractivity contribution in [1.29, 1.82) is 0 Å². The molecule has 0 aromatic heterocycles. The fourth-order valence-electron chi connectivity index (χ4n) is 4.56. The SMILES string of the molecule is CC(C)=CCC/C(C)=C/CC/C(C)=C/CCP(=O)([O-])C(Cc1ccccc1)(Cc1ccccc1)[P+]([O-])([O-])[O-].[K+].[K+].[K+]. The standard InChI is InChI=1S/C31H44O5P2.3K/c1-26(2)14-11-15-27(3)16-12-17-28(4)18-13-23-37(32,33)31(38(34,35)36,24-29-19-7-5-8-20-29)25-30-21-9-6-10-22-30;;;/h5-10,14,16,18-22H,11-13,15,17,23-25H2,1-4H3,(H,32,33)(H2,34,35,36);;;/q;3*+1/p-3/b27-16+,28-18+;;;. The first kappa shape index (κ1) is 46.2. The predicted octanol–water partition coefficient (Wildman–Crippen LogP) is -3.53. The summed E-state index contributed by atoms with van der Waals surface area (Å²) in [6.45, 7) is 8.26. The van der Waals surface area contributed by atoms with Gasteiger partial charge in [0.2, 0.25) is 0 Å². The minimum absolute atomic E-state index is 0. The van der Waals surface area contributed by atoms with Gasteiger partial charge in [0.15, 0.2) is 0 Å². The van der Waals surface area contributed by atoms with E-state index in [0.717, 1.165) is 31.3 Å². The Bertz CT molecular complexity index is 1100. The number of rotatable bonds is 15. The van der Waals surface area contributed by atoms with E-state index in [1.165, 1.54) is 11.1 Å². The molecule has 0 aliphatic carbocycles. The van der Waals surface area contributed by atoms with Gasteiger partial charge < -0.3 is 24.1 Å². The molecule has 0 radical (unpaired) electrons. The van der Waals surface area contributed by atoms with Crippen molar-refractivity contribution in [2.75, 3.05) is 6.16 Å². The van der Waals surface area contributed by atoms with Crippen LogP contribution in [0.2, 0.25) is 0 Å². The van der Waals surface area contributed by atoms with E-state index < -0.39 is 20.2 Å². The van der Waals surface area contributed by atoms with Crippen LogP contribution in [0.3, 0.4) is 0 Å². The Morgan fingerprint density at radius 1 is 0.707 bits per heavy atom. The summed E-state index contributed by atoms with van der Waals surface area (Å²) in [6.07, 6.45) is 9.04. The van der Waals surface area contributed by atoms with Crippen LogP contribution in [0, 0.1) is 0 Å². The first-order valence-electron chi connectivity index (χ1n) is 13.2. The van der Waals surface area contributed by atoms with Crippen LogP contribution in [0.1, 0.15) is 70.9 Å². The molecule has 0 saturated carbocycles. The normalized spacial score (nSPS) is 13.7. The van der Waals surface area contributed by atoms with Crippen LogP contribution in [0.25, 0.3) is 0 Å². The third-order valence-electron chi connectivity index (χ3n) is 6.84. The second-order valence-electron chi connectivity index (χ2n) is 10.5. The van der Waals surface area contributed by atoms with E-state index in [1.54, 1.807) is 60.7 Å². The van der Waals surface area contributed by atoms with E-state index in [0.29, 0.717) is 11.1 Å². The Balaban J connectivity index is 0. The Morgan fingerprint density at radius 2 is 1.10 bits per heavy atom. The predicted molar refractivity (Wildman–Crippen MR) is 152 cm³/mol. The van der Waals surface area contributed by atoms with Crippen molar-refractivity contribution >= 4 is 15.3 Å². The van der Waals surface area contributed by atoms with E-state index in [1.807, 2.05) is 13.0 Å². The Labute approximate surface area is 376 Å². The van der Waals surface area contributed by atoms with Crippen molar-refractivity contribution in [2.24, 2.45) is 0 Å². The van der Waals surface area contributed by atoms with Crippen LogP contribution >= 0.6 is 15.3 Å². The summed E-state index contributed by atoms with van der Waals surface area (Å²) in [5.41, 5.74) is 4.69. The Kier molecular flexibility index (Phi) is 26.4. The number of hydrogen-bond acceptors (Lipinski definition) is 5. The minimum atomic E-state index is -5.58. The largest absolute Gasteiger partial charge is 1.00 e. The molecule has 10 heteroatoms. The maximum atomic E-state index is 13.8. The van der Waals surface area contributed by atoms with Gasteiger partial charge in [-0.3, -0.25) is 0 Å². The summed E-state index contributed by atoms with van der Waals surface area (Å²) in [7, 11) is -10.3. The van der Waals surface area contributed by atoms with Crippen molar-refractivity contribution in [2.45, 2.75) is 77.5 Å². The zero-order chi connectivity index (χ0) is 28.2. The van der Waals surface area contributed by atoms with E-state index in [2.05, 4.69) is 32.9 Å². The molecule has 5 nitrogen and oxygen atoms in total. The molecule has 0 fully saturated rings. The molecule has 2 rings (SSSR count). The Morgan fingerprint density at radius 3 is 1.49 bits per heavy atom. The first-order valence-corrected chi connectivity index (χ1v) is 16.6. The van der Waals surface area contributed by atoms with Gasteiger partial charge in [-0.25, -0.2) is 0 Å². The molecule has 0 aliphatic heterocycles. The third-order valence-corrected chi connectivity index (χ3v) is 12.3. The first-order chi connectivity index (χ1) is 17.9. The maximum absolute atomic E-state index is 13.8. The summed E-state index contributed by atoms with van der Waals surface area (Å²) in [4.78, 5) is 49.7. The van der Waals surface area contributed by atoms with Crippen molar-refractivity contribution in [3.05, 3.63) is 107 Å². The molecule has 1 atom stereocenters. The molecular formula is C31H41K3O5P2. The molecular weight excluding hydrogens is 632 g/mol. The van der Waals surface area contributed by atoms with E-state index >= 15 is 0 Å². The summed E-state index contributed by atoms with van der Waals surface area (Å²) in [5, 5.41) is 0. The van der Waals surface area contributed by atoms with Crippen LogP contribution in [0.15, 0.2) is 95.6 Å². The van der Waals surface area contributed by atoms with Gasteiger partial charge in [0, 0.05) is 12.8 Å². The molecule has 0 spiro atoms. The zero-order valence-electron chi connectivity index (χ0n) is 26.1. The molecule has 0 amide bonds. The monoisotopic (exact) mass is 672 g/mol. The second-order valence-corrected chi connectivity index (χ2v) is 15.3. The topological polar surface area (TPSA) is 109 Å². The molecule has 0 aliphatic rings. The average Bonchev–Trinajstić information content (AvgIpc) is 2.84. The second kappa shape index (κ2) is 23.4. The zero-order valence-corrected chi connectivity index (χ0v) is 37.3. The number of allylic oxidation sites excluding steroid dienone is 6. The van der Waals surface area contributed by atoms with Gasteiger partial charge in [0.05, 0.1) is 7.37 Å². The van der Waals surface area contributed by atoms with E-state index in [4.69, 9.17) is 0 Å². The van der Waals surface area contributed by atoms with Gasteiger partial charge in [-0.2, -0.15) is 0 Å². The van der Waals surface area contributed by atoms with Crippen molar-refractivity contribution in [1.82, 2.24) is 0 Å².